The predicted molar refractivity (Wildman–Crippen MR) is 84.9 cm³/mol. The van der Waals surface area contributed by atoms with E-state index in [1.165, 1.54) is 42.4 Å². The van der Waals surface area contributed by atoms with E-state index in [-0.39, 0.29) is 0 Å². The molecule has 20 heavy (non-hydrogen) atoms. The summed E-state index contributed by atoms with van der Waals surface area (Å²) in [7, 11) is 0. The molecule has 1 fully saturated rings. The molecule has 2 nitrogen and oxygen atoms in total. The van der Waals surface area contributed by atoms with Gasteiger partial charge in [-0.1, -0.05) is 31.0 Å². The normalized spacial score (nSPS) is 24.6. The van der Waals surface area contributed by atoms with E-state index in [1.54, 1.807) is 0 Å². The average Bonchev–Trinajstić information content (AvgIpc) is 2.47. The number of aliphatic hydroxyl groups is 1. The van der Waals surface area contributed by atoms with Crippen molar-refractivity contribution in [1.29, 1.82) is 0 Å². The van der Waals surface area contributed by atoms with Gasteiger partial charge >= 0.3 is 0 Å². The summed E-state index contributed by atoms with van der Waals surface area (Å²) in [6, 6.07) is 7.11. The number of benzene rings is 1. The van der Waals surface area contributed by atoms with Gasteiger partial charge in [-0.3, -0.25) is 0 Å². The molecule has 0 spiro atoms. The van der Waals surface area contributed by atoms with E-state index in [0.29, 0.717) is 24.5 Å². The molecule has 1 saturated carbocycles. The zero-order chi connectivity index (χ0) is 14.5. The molecule has 0 radical (unpaired) electrons. The zero-order valence-corrected chi connectivity index (χ0v) is 13.2. The lowest BCUT2D eigenvalue weighted by Gasteiger charge is -2.31. The van der Waals surface area contributed by atoms with Gasteiger partial charge in [0.15, 0.2) is 0 Å². The van der Waals surface area contributed by atoms with Crippen LogP contribution in [0.25, 0.3) is 0 Å². The van der Waals surface area contributed by atoms with Crippen LogP contribution in [0.2, 0.25) is 0 Å². The third-order valence-corrected chi connectivity index (χ3v) is 5.02. The van der Waals surface area contributed by atoms with Gasteiger partial charge < -0.3 is 10.4 Å². The fourth-order valence-corrected chi connectivity index (χ4v) is 3.27. The summed E-state index contributed by atoms with van der Waals surface area (Å²) >= 11 is 0. The molecule has 2 rings (SSSR count). The van der Waals surface area contributed by atoms with Crippen LogP contribution in [0.15, 0.2) is 18.2 Å². The molecule has 3 unspecified atom stereocenters. The van der Waals surface area contributed by atoms with Gasteiger partial charge in [0.2, 0.25) is 0 Å². The number of nitrogens with one attached hydrogen (secondary N) is 1. The van der Waals surface area contributed by atoms with Crippen LogP contribution in [-0.4, -0.2) is 18.3 Å². The van der Waals surface area contributed by atoms with Crippen molar-refractivity contribution in [3.63, 3.8) is 0 Å². The van der Waals surface area contributed by atoms with E-state index in [9.17, 15) is 5.11 Å². The Morgan fingerprint density at radius 1 is 1.15 bits per heavy atom. The molecule has 1 aromatic carbocycles. The molecule has 0 amide bonds. The van der Waals surface area contributed by atoms with Crippen molar-refractivity contribution in [2.45, 2.75) is 52.5 Å². The Labute approximate surface area is 123 Å². The molecular weight excluding hydrogens is 246 g/mol. The second kappa shape index (κ2) is 7.24. The molecule has 0 heterocycles. The second-order valence-electron chi connectivity index (χ2n) is 6.46. The van der Waals surface area contributed by atoms with Crippen molar-refractivity contribution in [2.75, 3.05) is 13.2 Å². The minimum atomic E-state index is 0.352. The first-order chi connectivity index (χ1) is 9.61. The minimum Gasteiger partial charge on any atom is -0.396 e. The fourth-order valence-electron chi connectivity index (χ4n) is 3.27. The van der Waals surface area contributed by atoms with Crippen molar-refractivity contribution in [1.82, 2.24) is 5.32 Å². The quantitative estimate of drug-likeness (QED) is 0.857. The van der Waals surface area contributed by atoms with Gasteiger partial charge in [-0.25, -0.2) is 0 Å². The first-order valence-corrected chi connectivity index (χ1v) is 8.03. The average molecular weight is 275 g/mol. The summed E-state index contributed by atoms with van der Waals surface area (Å²) in [5.74, 6) is 1.14. The van der Waals surface area contributed by atoms with Gasteiger partial charge in [-0.2, -0.15) is 0 Å². The summed E-state index contributed by atoms with van der Waals surface area (Å²) in [5, 5.41) is 13.2. The van der Waals surface area contributed by atoms with Crippen LogP contribution in [0.1, 0.15) is 55.3 Å². The smallest absolute Gasteiger partial charge is 0.0462 e. The van der Waals surface area contributed by atoms with Crippen LogP contribution in [0, 0.1) is 25.7 Å². The van der Waals surface area contributed by atoms with E-state index in [0.717, 1.165) is 6.54 Å². The lowest BCUT2D eigenvalue weighted by Crippen LogP contribution is -2.33. The SMILES string of the molecule is Cc1ccc(C(C)NCC2CCCCC2CO)cc1C. The van der Waals surface area contributed by atoms with E-state index < -0.39 is 0 Å². The predicted octanol–water partition coefficient (Wildman–Crippen LogP) is 3.75. The summed E-state index contributed by atoms with van der Waals surface area (Å²) in [6.45, 7) is 7.95. The van der Waals surface area contributed by atoms with Crippen LogP contribution in [0.4, 0.5) is 0 Å². The lowest BCUT2D eigenvalue weighted by molar-refractivity contribution is 0.131. The van der Waals surface area contributed by atoms with Crippen molar-refractivity contribution >= 4 is 0 Å². The van der Waals surface area contributed by atoms with Crippen LogP contribution in [-0.2, 0) is 0 Å². The van der Waals surface area contributed by atoms with E-state index in [2.05, 4.69) is 44.3 Å². The van der Waals surface area contributed by atoms with Crippen LogP contribution in [0.5, 0.6) is 0 Å². The van der Waals surface area contributed by atoms with Crippen molar-refractivity contribution in [3.05, 3.63) is 34.9 Å². The molecule has 0 aliphatic heterocycles. The largest absolute Gasteiger partial charge is 0.396 e. The summed E-state index contributed by atoms with van der Waals surface area (Å²) in [5.41, 5.74) is 4.08. The Morgan fingerprint density at radius 3 is 2.50 bits per heavy atom. The monoisotopic (exact) mass is 275 g/mol. The van der Waals surface area contributed by atoms with Gasteiger partial charge in [0.1, 0.15) is 0 Å². The number of hydrogen-bond donors (Lipinski definition) is 2. The van der Waals surface area contributed by atoms with Crippen molar-refractivity contribution < 1.29 is 5.11 Å². The Balaban J connectivity index is 1.90. The molecular formula is C18H29NO. The van der Waals surface area contributed by atoms with Crippen LogP contribution >= 0.6 is 0 Å². The second-order valence-corrected chi connectivity index (χ2v) is 6.46. The molecule has 0 saturated heterocycles. The standard InChI is InChI=1S/C18H29NO/c1-13-8-9-16(10-14(13)2)15(3)19-11-17-6-4-5-7-18(17)12-20/h8-10,15,17-20H,4-7,11-12H2,1-3H3. The Morgan fingerprint density at radius 2 is 1.85 bits per heavy atom. The Kier molecular flexibility index (Phi) is 5.62. The Bertz CT molecular complexity index is 429. The molecule has 3 atom stereocenters. The number of aryl methyl sites for hydroxylation is 2. The number of aliphatic hydroxyl groups excluding tert-OH is 1. The number of hydrogen-bond acceptors (Lipinski definition) is 2. The topological polar surface area (TPSA) is 32.3 Å². The van der Waals surface area contributed by atoms with E-state index in [4.69, 9.17) is 0 Å². The maximum Gasteiger partial charge on any atom is 0.0462 e. The molecule has 0 bridgehead atoms. The molecule has 0 aromatic heterocycles. The highest BCUT2D eigenvalue weighted by Gasteiger charge is 2.24. The first-order valence-electron chi connectivity index (χ1n) is 8.03. The molecule has 1 aliphatic carbocycles. The van der Waals surface area contributed by atoms with Crippen LogP contribution < -0.4 is 5.32 Å². The third-order valence-electron chi connectivity index (χ3n) is 5.02. The highest BCUT2D eigenvalue weighted by atomic mass is 16.3. The van der Waals surface area contributed by atoms with Gasteiger partial charge in [0, 0.05) is 12.6 Å². The van der Waals surface area contributed by atoms with Crippen molar-refractivity contribution in [3.8, 4) is 0 Å². The van der Waals surface area contributed by atoms with E-state index >= 15 is 0 Å². The summed E-state index contributed by atoms with van der Waals surface area (Å²) in [6.07, 6.45) is 5.06. The molecule has 2 N–H and O–H groups in total. The van der Waals surface area contributed by atoms with Gasteiger partial charge in [-0.15, -0.1) is 0 Å². The maximum atomic E-state index is 9.48. The van der Waals surface area contributed by atoms with Gasteiger partial charge in [0.05, 0.1) is 0 Å². The minimum absolute atomic E-state index is 0.352. The molecule has 1 aromatic rings. The fraction of sp³-hybridized carbons (Fsp3) is 0.667. The van der Waals surface area contributed by atoms with Gasteiger partial charge in [-0.05, 0) is 68.7 Å². The lowest BCUT2D eigenvalue weighted by atomic mass is 9.79. The Hall–Kier alpha value is -0.860. The summed E-state index contributed by atoms with van der Waals surface area (Å²) in [4.78, 5) is 0. The summed E-state index contributed by atoms with van der Waals surface area (Å²) < 4.78 is 0. The third kappa shape index (κ3) is 3.83. The van der Waals surface area contributed by atoms with Crippen molar-refractivity contribution in [2.24, 2.45) is 11.8 Å². The van der Waals surface area contributed by atoms with Crippen LogP contribution in [0.3, 0.4) is 0 Å². The van der Waals surface area contributed by atoms with E-state index in [1.807, 2.05) is 0 Å². The highest BCUT2D eigenvalue weighted by molar-refractivity contribution is 5.31. The molecule has 1 aliphatic rings. The van der Waals surface area contributed by atoms with Gasteiger partial charge in [0.25, 0.3) is 0 Å². The zero-order valence-electron chi connectivity index (χ0n) is 13.2. The molecule has 2 heteroatoms. The first kappa shape index (κ1) is 15.5. The molecule has 112 valence electrons. The highest BCUT2D eigenvalue weighted by Crippen LogP contribution is 2.29. The maximum absolute atomic E-state index is 9.48. The number of rotatable bonds is 5.